The van der Waals surface area contributed by atoms with E-state index in [-0.39, 0.29) is 5.82 Å². The van der Waals surface area contributed by atoms with Gasteiger partial charge in [-0.25, -0.2) is 22.9 Å². The predicted octanol–water partition coefficient (Wildman–Crippen LogP) is 4.47. The van der Waals surface area contributed by atoms with E-state index in [0.717, 1.165) is 67.8 Å². The molecule has 1 aromatic carbocycles. The number of halogens is 1. The van der Waals surface area contributed by atoms with Crippen molar-refractivity contribution in [1.29, 1.82) is 0 Å². The molecule has 6 aromatic rings. The molecule has 0 aliphatic rings. The van der Waals surface area contributed by atoms with E-state index in [0.29, 0.717) is 5.69 Å². The van der Waals surface area contributed by atoms with Gasteiger partial charge in [0.05, 0.1) is 34.5 Å². The molecule has 0 aliphatic carbocycles. The highest BCUT2D eigenvalue weighted by atomic mass is 32.2. The molecular weight excluding hydrogens is 531 g/mol. The number of hydrogen-bond donors (Lipinski definition) is 4. The maximum atomic E-state index is 14.3. The Kier molecular flexibility index (Phi) is 7.54. The molecule has 0 atom stereocenters. The molecule has 0 saturated heterocycles. The summed E-state index contributed by atoms with van der Waals surface area (Å²) in [6, 6.07) is 15.0. The zero-order chi connectivity index (χ0) is 28.4. The van der Waals surface area contributed by atoms with Crippen molar-refractivity contribution in [1.82, 2.24) is 30.1 Å². The summed E-state index contributed by atoms with van der Waals surface area (Å²) in [7, 11) is 1.35. The molecule has 0 amide bonds. The van der Waals surface area contributed by atoms with E-state index >= 15 is 0 Å². The lowest BCUT2D eigenvalue weighted by atomic mass is 10.0. The summed E-state index contributed by atoms with van der Waals surface area (Å²) < 4.78 is 31.9. The van der Waals surface area contributed by atoms with Gasteiger partial charge in [0, 0.05) is 48.5 Å². The second-order valence-electron chi connectivity index (χ2n) is 9.28. The molecule has 0 fully saturated rings. The minimum absolute atomic E-state index is 0.262. The van der Waals surface area contributed by atoms with E-state index in [2.05, 4.69) is 36.4 Å². The van der Waals surface area contributed by atoms with Crippen LogP contribution in [-0.4, -0.2) is 52.6 Å². The SMILES string of the molecule is CCc1cc(F)cc(-c2nccc3[nH]c(-c4n[nH]c5ccc(-c6cncc(N(C)C)c6)nc45)cc23)c1.N[SH](=O)=O. The number of nitrogens with zero attached hydrogens (tertiary/aromatic N) is 5. The molecule has 4 N–H and O–H groups in total. The van der Waals surface area contributed by atoms with Crippen LogP contribution in [0.4, 0.5) is 10.1 Å². The predicted molar refractivity (Wildman–Crippen MR) is 156 cm³/mol. The average Bonchev–Trinajstić information content (AvgIpc) is 3.56. The number of nitrogens with one attached hydrogen (secondary N) is 2. The zero-order valence-electron chi connectivity index (χ0n) is 22.0. The summed E-state index contributed by atoms with van der Waals surface area (Å²) in [5.74, 6) is -0.262. The van der Waals surface area contributed by atoms with Gasteiger partial charge in [-0.05, 0) is 60.5 Å². The van der Waals surface area contributed by atoms with Crippen LogP contribution in [0.1, 0.15) is 12.5 Å². The Morgan fingerprint density at radius 3 is 2.52 bits per heavy atom. The second kappa shape index (κ2) is 11.2. The molecule has 10 nitrogen and oxygen atoms in total. The number of aromatic nitrogens is 6. The molecule has 0 saturated carbocycles. The van der Waals surface area contributed by atoms with Gasteiger partial charge in [0.25, 0.3) is 0 Å². The number of hydrogen-bond acceptors (Lipinski definition) is 7. The highest BCUT2D eigenvalue weighted by Gasteiger charge is 2.17. The molecule has 0 bridgehead atoms. The van der Waals surface area contributed by atoms with Crippen molar-refractivity contribution < 1.29 is 12.8 Å². The van der Waals surface area contributed by atoms with Crippen molar-refractivity contribution in [3.05, 3.63) is 78.5 Å². The van der Waals surface area contributed by atoms with Gasteiger partial charge in [-0.3, -0.25) is 15.1 Å². The van der Waals surface area contributed by atoms with Gasteiger partial charge < -0.3 is 9.88 Å². The quantitative estimate of drug-likeness (QED) is 0.228. The normalized spacial score (nSPS) is 11.2. The first kappa shape index (κ1) is 26.9. The van der Waals surface area contributed by atoms with Crippen LogP contribution < -0.4 is 10.0 Å². The van der Waals surface area contributed by atoms with Crippen LogP contribution in [0.2, 0.25) is 0 Å². The first-order chi connectivity index (χ1) is 19.2. The van der Waals surface area contributed by atoms with Gasteiger partial charge in [0.2, 0.25) is 0 Å². The molecule has 204 valence electrons. The zero-order valence-corrected chi connectivity index (χ0v) is 22.9. The van der Waals surface area contributed by atoms with E-state index in [1.54, 1.807) is 12.3 Å². The number of nitrogens with two attached hydrogens (primary N) is 1. The van der Waals surface area contributed by atoms with Gasteiger partial charge >= 0.3 is 0 Å². The smallest absolute Gasteiger partial charge is 0.198 e. The number of aromatic amines is 2. The lowest BCUT2D eigenvalue weighted by molar-refractivity contribution is 0.616. The van der Waals surface area contributed by atoms with Crippen molar-refractivity contribution in [2.75, 3.05) is 19.0 Å². The molecule has 0 radical (unpaired) electrons. The highest BCUT2D eigenvalue weighted by Crippen LogP contribution is 2.34. The molecule has 12 heteroatoms. The lowest BCUT2D eigenvalue weighted by Gasteiger charge is -2.12. The van der Waals surface area contributed by atoms with Gasteiger partial charge in [0.15, 0.2) is 10.9 Å². The second-order valence-corrected chi connectivity index (χ2v) is 9.85. The molecule has 0 unspecified atom stereocenters. The largest absolute Gasteiger partial charge is 0.376 e. The minimum Gasteiger partial charge on any atom is -0.376 e. The molecule has 6 rings (SSSR count). The van der Waals surface area contributed by atoms with E-state index < -0.39 is 10.9 Å². The number of rotatable bonds is 5. The Hall–Kier alpha value is -4.68. The summed E-state index contributed by atoms with van der Waals surface area (Å²) in [5, 5.41) is 12.6. The Morgan fingerprint density at radius 1 is 0.975 bits per heavy atom. The van der Waals surface area contributed by atoms with Gasteiger partial charge in [-0.15, -0.1) is 0 Å². The Morgan fingerprint density at radius 2 is 1.77 bits per heavy atom. The van der Waals surface area contributed by atoms with Crippen LogP contribution in [0, 0.1) is 5.82 Å². The molecule has 0 spiro atoms. The Balaban J connectivity index is 0.000000758. The topological polar surface area (TPSA) is 147 Å². The summed E-state index contributed by atoms with van der Waals surface area (Å²) in [6.07, 6.45) is 6.12. The van der Waals surface area contributed by atoms with Crippen molar-refractivity contribution >= 4 is 38.5 Å². The Bertz CT molecular complexity index is 1900. The summed E-state index contributed by atoms with van der Waals surface area (Å²) >= 11 is 0. The first-order valence-corrected chi connectivity index (χ1v) is 13.6. The van der Waals surface area contributed by atoms with Crippen LogP contribution in [0.3, 0.4) is 0 Å². The number of aryl methyl sites for hydroxylation is 1. The fourth-order valence-electron chi connectivity index (χ4n) is 4.46. The van der Waals surface area contributed by atoms with Crippen molar-refractivity contribution in [2.45, 2.75) is 13.3 Å². The standard InChI is InChI=1S/C28H24FN7.H3NO2S/c1-4-16-9-17(11-19(29)10-16)26-21-13-25(32-23(21)7-8-31-26)28-27-24(34-35-28)6-5-22(33-27)18-12-20(36(2)3)15-30-14-18;1-4(2)3/h5-15,32H,4H2,1-3H3,(H,34,35);4H,(H2,1,2,3). The first-order valence-electron chi connectivity index (χ1n) is 12.4. The fraction of sp³-hybridized carbons (Fsp3) is 0.143. The van der Waals surface area contributed by atoms with E-state index in [9.17, 15) is 4.39 Å². The lowest BCUT2D eigenvalue weighted by Crippen LogP contribution is -2.08. The average molecular weight is 559 g/mol. The summed E-state index contributed by atoms with van der Waals surface area (Å²) in [5.41, 5.74) is 9.15. The minimum atomic E-state index is -2.62. The third-order valence-electron chi connectivity index (χ3n) is 6.39. The van der Waals surface area contributed by atoms with Gasteiger partial charge in [0.1, 0.15) is 17.0 Å². The molecule has 0 aliphatic heterocycles. The third-order valence-corrected chi connectivity index (χ3v) is 6.39. The van der Waals surface area contributed by atoms with Crippen LogP contribution >= 0.6 is 0 Å². The number of thiol groups is 1. The summed E-state index contributed by atoms with van der Waals surface area (Å²) in [6.45, 7) is 2.01. The van der Waals surface area contributed by atoms with Crippen molar-refractivity contribution in [2.24, 2.45) is 5.14 Å². The number of H-pyrrole nitrogens is 2. The van der Waals surface area contributed by atoms with Crippen LogP contribution in [0.25, 0.3) is 55.8 Å². The molecule has 40 heavy (non-hydrogen) atoms. The van der Waals surface area contributed by atoms with Crippen LogP contribution in [-0.2, 0) is 17.3 Å². The molecule has 5 aromatic heterocycles. The number of benzene rings is 1. The highest BCUT2D eigenvalue weighted by molar-refractivity contribution is 7.69. The number of fused-ring (bicyclic) bond motifs is 2. The van der Waals surface area contributed by atoms with Crippen molar-refractivity contribution in [3.8, 4) is 33.9 Å². The van der Waals surface area contributed by atoms with Gasteiger partial charge in [-0.1, -0.05) is 6.92 Å². The van der Waals surface area contributed by atoms with Crippen LogP contribution in [0.5, 0.6) is 0 Å². The maximum absolute atomic E-state index is 14.3. The number of anilines is 1. The third kappa shape index (κ3) is 5.53. The summed E-state index contributed by atoms with van der Waals surface area (Å²) in [4.78, 5) is 19.3. The Labute approximate surface area is 231 Å². The maximum Gasteiger partial charge on any atom is 0.198 e. The molecule has 5 heterocycles. The monoisotopic (exact) mass is 558 g/mol. The van der Waals surface area contributed by atoms with Gasteiger partial charge in [-0.2, -0.15) is 5.10 Å². The fourth-order valence-corrected chi connectivity index (χ4v) is 4.46. The van der Waals surface area contributed by atoms with E-state index in [4.69, 9.17) is 13.4 Å². The number of pyridine rings is 3. The van der Waals surface area contributed by atoms with Crippen molar-refractivity contribution in [3.63, 3.8) is 0 Å². The van der Waals surface area contributed by atoms with Crippen LogP contribution in [0.15, 0.2) is 67.1 Å². The van der Waals surface area contributed by atoms with E-state index in [1.165, 1.54) is 6.07 Å². The van der Waals surface area contributed by atoms with E-state index in [1.807, 2.05) is 68.6 Å². The molecular formula is C28H27FN8O2S.